The predicted molar refractivity (Wildman–Crippen MR) is 70.1 cm³/mol. The summed E-state index contributed by atoms with van der Waals surface area (Å²) < 4.78 is 5.97. The van der Waals surface area contributed by atoms with Gasteiger partial charge >= 0.3 is 5.97 Å². The molecule has 1 aromatic rings. The molecule has 1 aliphatic carbocycles. The molecule has 0 unspecified atom stereocenters. The van der Waals surface area contributed by atoms with Gasteiger partial charge in [-0.05, 0) is 63.1 Å². The second-order valence-corrected chi connectivity index (χ2v) is 5.26. The van der Waals surface area contributed by atoms with Gasteiger partial charge in [0.25, 0.3) is 0 Å². The van der Waals surface area contributed by atoms with Crippen LogP contribution in [0, 0.1) is 20.8 Å². The number of carboxylic acid groups (broad SMARTS) is 1. The first kappa shape index (κ1) is 12.9. The van der Waals surface area contributed by atoms with Crippen molar-refractivity contribution in [1.82, 2.24) is 0 Å². The van der Waals surface area contributed by atoms with Crippen molar-refractivity contribution >= 4 is 5.97 Å². The molecule has 0 bridgehead atoms. The molecule has 0 spiro atoms. The summed E-state index contributed by atoms with van der Waals surface area (Å²) >= 11 is 0. The van der Waals surface area contributed by atoms with Gasteiger partial charge in [-0.2, -0.15) is 0 Å². The Labute approximate surface area is 108 Å². The molecule has 0 radical (unpaired) electrons. The fourth-order valence-electron chi connectivity index (χ4n) is 2.58. The number of hydrogen-bond acceptors (Lipinski definition) is 2. The number of aliphatic carboxylic acids is 1. The third-order valence-corrected chi connectivity index (χ3v) is 3.97. The summed E-state index contributed by atoms with van der Waals surface area (Å²) in [6, 6.07) is 4.03. The van der Waals surface area contributed by atoms with Crippen molar-refractivity contribution in [3.63, 3.8) is 0 Å². The van der Waals surface area contributed by atoms with E-state index in [1.165, 1.54) is 0 Å². The van der Waals surface area contributed by atoms with E-state index in [0.717, 1.165) is 35.3 Å². The van der Waals surface area contributed by atoms with Crippen LogP contribution in [-0.4, -0.2) is 16.7 Å². The van der Waals surface area contributed by atoms with Crippen molar-refractivity contribution in [2.24, 2.45) is 0 Å². The molecule has 98 valence electrons. The van der Waals surface area contributed by atoms with Crippen molar-refractivity contribution < 1.29 is 14.6 Å². The highest BCUT2D eigenvalue weighted by Gasteiger charge is 2.44. The van der Waals surface area contributed by atoms with Gasteiger partial charge in [0.1, 0.15) is 5.75 Å². The molecule has 0 atom stereocenters. The van der Waals surface area contributed by atoms with Gasteiger partial charge in [-0.3, -0.25) is 0 Å². The van der Waals surface area contributed by atoms with E-state index >= 15 is 0 Å². The first-order chi connectivity index (χ1) is 8.46. The minimum atomic E-state index is -1.01. The van der Waals surface area contributed by atoms with Crippen LogP contribution >= 0.6 is 0 Å². The van der Waals surface area contributed by atoms with Gasteiger partial charge in [0.05, 0.1) is 0 Å². The van der Waals surface area contributed by atoms with Crippen LogP contribution in [0.3, 0.4) is 0 Å². The molecule has 0 aromatic heterocycles. The fraction of sp³-hybridized carbons (Fsp3) is 0.533. The zero-order chi connectivity index (χ0) is 13.3. The molecule has 1 aliphatic rings. The Kier molecular flexibility index (Phi) is 3.33. The molecule has 3 nitrogen and oxygen atoms in total. The summed E-state index contributed by atoms with van der Waals surface area (Å²) in [5, 5.41) is 9.45. The monoisotopic (exact) mass is 248 g/mol. The van der Waals surface area contributed by atoms with Gasteiger partial charge in [-0.15, -0.1) is 0 Å². The topological polar surface area (TPSA) is 46.5 Å². The molecule has 1 fully saturated rings. The summed E-state index contributed by atoms with van der Waals surface area (Å²) in [6.07, 6.45) is 3.07. The van der Waals surface area contributed by atoms with E-state index in [-0.39, 0.29) is 0 Å². The van der Waals surface area contributed by atoms with Gasteiger partial charge < -0.3 is 9.84 Å². The van der Waals surface area contributed by atoms with Crippen LogP contribution in [0.5, 0.6) is 5.75 Å². The average molecular weight is 248 g/mol. The predicted octanol–water partition coefficient (Wildman–Crippen LogP) is 3.39. The SMILES string of the molecule is Cc1ccc(C)c(OC2(C(=O)O)CCCC2)c1C. The Hall–Kier alpha value is -1.51. The van der Waals surface area contributed by atoms with Gasteiger partial charge in [0.15, 0.2) is 0 Å². The second kappa shape index (κ2) is 4.63. The zero-order valence-electron chi connectivity index (χ0n) is 11.2. The van der Waals surface area contributed by atoms with Crippen molar-refractivity contribution in [3.8, 4) is 5.75 Å². The Morgan fingerprint density at radius 3 is 2.28 bits per heavy atom. The maximum absolute atomic E-state index is 11.5. The highest BCUT2D eigenvalue weighted by atomic mass is 16.5. The molecule has 1 N–H and O–H groups in total. The lowest BCUT2D eigenvalue weighted by molar-refractivity contribution is -0.154. The van der Waals surface area contributed by atoms with E-state index in [9.17, 15) is 9.90 Å². The summed E-state index contributed by atoms with van der Waals surface area (Å²) in [7, 11) is 0. The number of rotatable bonds is 3. The molecule has 3 heteroatoms. The minimum Gasteiger partial charge on any atom is -0.478 e. The van der Waals surface area contributed by atoms with Crippen LogP contribution in [-0.2, 0) is 4.79 Å². The largest absolute Gasteiger partial charge is 0.478 e. The lowest BCUT2D eigenvalue weighted by Crippen LogP contribution is -2.42. The molecule has 18 heavy (non-hydrogen) atoms. The Morgan fingerprint density at radius 1 is 1.17 bits per heavy atom. The summed E-state index contributed by atoms with van der Waals surface area (Å²) in [5.74, 6) is -0.0837. The van der Waals surface area contributed by atoms with E-state index < -0.39 is 11.6 Å². The lowest BCUT2D eigenvalue weighted by Gasteiger charge is -2.28. The summed E-state index contributed by atoms with van der Waals surface area (Å²) in [6.45, 7) is 5.97. The van der Waals surface area contributed by atoms with Crippen LogP contribution in [0.2, 0.25) is 0 Å². The normalized spacial score (nSPS) is 17.7. The lowest BCUT2D eigenvalue weighted by atomic mass is 10.0. The van der Waals surface area contributed by atoms with Crippen LogP contribution in [0.25, 0.3) is 0 Å². The number of carboxylic acids is 1. The first-order valence-corrected chi connectivity index (χ1v) is 6.45. The molecular weight excluding hydrogens is 228 g/mol. The van der Waals surface area contributed by atoms with Gasteiger partial charge in [-0.1, -0.05) is 12.1 Å². The molecule has 0 heterocycles. The highest BCUT2D eigenvalue weighted by molar-refractivity contribution is 5.78. The maximum Gasteiger partial charge on any atom is 0.348 e. The van der Waals surface area contributed by atoms with Crippen molar-refractivity contribution in [2.75, 3.05) is 0 Å². The van der Waals surface area contributed by atoms with Gasteiger partial charge in [-0.25, -0.2) is 4.79 Å². The summed E-state index contributed by atoms with van der Waals surface area (Å²) in [5.41, 5.74) is 2.17. The number of benzene rings is 1. The Morgan fingerprint density at radius 2 is 1.72 bits per heavy atom. The second-order valence-electron chi connectivity index (χ2n) is 5.26. The van der Waals surface area contributed by atoms with Crippen molar-refractivity contribution in [3.05, 3.63) is 28.8 Å². The van der Waals surface area contributed by atoms with E-state index in [1.54, 1.807) is 0 Å². The van der Waals surface area contributed by atoms with E-state index in [2.05, 4.69) is 0 Å². The van der Waals surface area contributed by atoms with Crippen LogP contribution in [0.4, 0.5) is 0 Å². The van der Waals surface area contributed by atoms with Crippen LogP contribution in [0.1, 0.15) is 42.4 Å². The Balaban J connectivity index is 2.39. The van der Waals surface area contributed by atoms with Gasteiger partial charge in [0.2, 0.25) is 5.60 Å². The molecule has 1 aromatic carbocycles. The first-order valence-electron chi connectivity index (χ1n) is 6.45. The fourth-order valence-corrected chi connectivity index (χ4v) is 2.58. The Bertz CT molecular complexity index is 471. The quantitative estimate of drug-likeness (QED) is 0.891. The highest BCUT2D eigenvalue weighted by Crippen LogP contribution is 2.37. The van der Waals surface area contributed by atoms with E-state index in [4.69, 9.17) is 4.74 Å². The van der Waals surface area contributed by atoms with Crippen LogP contribution < -0.4 is 4.74 Å². The smallest absolute Gasteiger partial charge is 0.348 e. The molecule has 0 saturated heterocycles. The molecule has 2 rings (SSSR count). The molecule has 0 amide bonds. The summed E-state index contributed by atoms with van der Waals surface area (Å²) in [4.78, 5) is 11.5. The standard InChI is InChI=1S/C15H20O3/c1-10-6-7-11(2)13(12(10)3)18-15(14(16)17)8-4-5-9-15/h6-7H,4-5,8-9H2,1-3H3,(H,16,17). The van der Waals surface area contributed by atoms with Crippen molar-refractivity contribution in [2.45, 2.75) is 52.1 Å². The number of hydrogen-bond donors (Lipinski definition) is 1. The zero-order valence-corrected chi connectivity index (χ0v) is 11.2. The molecule has 1 saturated carbocycles. The molecular formula is C15H20O3. The maximum atomic E-state index is 11.5. The van der Waals surface area contributed by atoms with E-state index in [1.807, 2.05) is 32.9 Å². The molecule has 0 aliphatic heterocycles. The third-order valence-electron chi connectivity index (χ3n) is 3.97. The number of carbonyl (C=O) groups is 1. The van der Waals surface area contributed by atoms with E-state index in [0.29, 0.717) is 12.8 Å². The average Bonchev–Trinajstić information content (AvgIpc) is 2.80. The van der Waals surface area contributed by atoms with Gasteiger partial charge in [0, 0.05) is 0 Å². The minimum absolute atomic E-state index is 0.606. The van der Waals surface area contributed by atoms with Crippen molar-refractivity contribution in [1.29, 1.82) is 0 Å². The van der Waals surface area contributed by atoms with Crippen LogP contribution in [0.15, 0.2) is 12.1 Å². The third kappa shape index (κ3) is 2.09. The number of aryl methyl sites for hydroxylation is 2. The number of ether oxygens (including phenoxy) is 1.